The Morgan fingerprint density at radius 3 is 2.58 bits per heavy atom. The van der Waals surface area contributed by atoms with Gasteiger partial charge in [0.2, 0.25) is 0 Å². The Balaban J connectivity index is 1.59. The number of pyridine rings is 1. The van der Waals surface area contributed by atoms with Gasteiger partial charge in [0.1, 0.15) is 17.8 Å². The summed E-state index contributed by atoms with van der Waals surface area (Å²) >= 11 is 6.70. The van der Waals surface area contributed by atoms with E-state index in [4.69, 9.17) is 27.4 Å². The topological polar surface area (TPSA) is 82.5 Å². The van der Waals surface area contributed by atoms with Gasteiger partial charge in [0.15, 0.2) is 5.65 Å². The zero-order chi connectivity index (χ0) is 20.9. The summed E-state index contributed by atoms with van der Waals surface area (Å²) in [6, 6.07) is 17.9. The molecule has 0 saturated heterocycles. The molecule has 1 aliphatic carbocycles. The summed E-state index contributed by atoms with van der Waals surface area (Å²) in [4.78, 5) is 13.5. The summed E-state index contributed by atoms with van der Waals surface area (Å²) in [5.74, 6) is 0.359. The van der Waals surface area contributed by atoms with E-state index in [0.717, 1.165) is 33.4 Å². The second kappa shape index (κ2) is 6.75. The molecule has 0 amide bonds. The van der Waals surface area contributed by atoms with Crippen molar-refractivity contribution in [2.24, 2.45) is 0 Å². The smallest absolute Gasteiger partial charge is 0.169 e. The molecule has 6 rings (SSSR count). The molecule has 0 spiro atoms. The number of nitrogen functional groups attached to an aromatic ring is 1. The molecule has 0 radical (unpaired) electrons. The summed E-state index contributed by atoms with van der Waals surface area (Å²) in [5.41, 5.74) is 11.9. The average Bonchev–Trinajstić information content (AvgIpc) is 3.12. The summed E-state index contributed by atoms with van der Waals surface area (Å²) in [6.07, 6.45) is 7.32. The SMILES string of the molecule is Nc1ncnc2c1c(-c1cc3nc(-c4ccccc4)ccc3cc1Cl)nn2C1=CC=C1. The van der Waals surface area contributed by atoms with Crippen LogP contribution in [0.15, 0.2) is 79.2 Å². The maximum absolute atomic E-state index is 6.70. The number of nitrogens with zero attached hydrogens (tertiary/aromatic N) is 5. The standard InChI is InChI=1S/C24H15ClN6/c25-18-11-15-9-10-19(14-5-2-1-3-6-14)29-20(15)12-17(18)22-21-23(26)27-13-28-24(21)31(30-22)16-7-4-8-16/h1-13H,(H2,26,27,28). The van der Waals surface area contributed by atoms with E-state index >= 15 is 0 Å². The lowest BCUT2D eigenvalue weighted by atomic mass is 10.0. The van der Waals surface area contributed by atoms with Gasteiger partial charge in [-0.15, -0.1) is 0 Å². The lowest BCUT2D eigenvalue weighted by Crippen LogP contribution is -2.02. The summed E-state index contributed by atoms with van der Waals surface area (Å²) in [7, 11) is 0. The van der Waals surface area contributed by atoms with Gasteiger partial charge >= 0.3 is 0 Å². The molecule has 2 aromatic carbocycles. The Bertz CT molecular complexity index is 1550. The fraction of sp³-hybridized carbons (Fsp3) is 0. The van der Waals surface area contributed by atoms with Crippen molar-refractivity contribution >= 4 is 45.1 Å². The number of hydrogen-bond donors (Lipinski definition) is 1. The predicted molar refractivity (Wildman–Crippen MR) is 124 cm³/mol. The van der Waals surface area contributed by atoms with Crippen LogP contribution in [0.4, 0.5) is 5.82 Å². The second-order valence-electron chi connectivity index (χ2n) is 7.26. The van der Waals surface area contributed by atoms with Gasteiger partial charge in [0.25, 0.3) is 0 Å². The highest BCUT2D eigenvalue weighted by molar-refractivity contribution is 6.34. The Labute approximate surface area is 182 Å². The van der Waals surface area contributed by atoms with Crippen molar-refractivity contribution < 1.29 is 0 Å². The zero-order valence-electron chi connectivity index (χ0n) is 16.2. The van der Waals surface area contributed by atoms with Crippen molar-refractivity contribution in [1.82, 2.24) is 24.7 Å². The van der Waals surface area contributed by atoms with Gasteiger partial charge in [0, 0.05) is 16.5 Å². The highest BCUT2D eigenvalue weighted by Crippen LogP contribution is 2.38. The highest BCUT2D eigenvalue weighted by Gasteiger charge is 2.21. The normalized spacial score (nSPS) is 12.9. The molecule has 7 heteroatoms. The van der Waals surface area contributed by atoms with Crippen LogP contribution in [0.1, 0.15) is 0 Å². The zero-order valence-corrected chi connectivity index (χ0v) is 17.0. The summed E-state index contributed by atoms with van der Waals surface area (Å²) < 4.78 is 1.76. The second-order valence-corrected chi connectivity index (χ2v) is 7.66. The van der Waals surface area contributed by atoms with Crippen molar-refractivity contribution in [2.75, 3.05) is 5.73 Å². The van der Waals surface area contributed by atoms with Crippen molar-refractivity contribution in [1.29, 1.82) is 0 Å². The van der Waals surface area contributed by atoms with Crippen LogP contribution in [0.25, 0.3) is 50.1 Å². The lowest BCUT2D eigenvalue weighted by Gasteiger charge is -2.08. The number of benzene rings is 2. The minimum Gasteiger partial charge on any atom is -0.383 e. The van der Waals surface area contributed by atoms with Crippen LogP contribution in [0.3, 0.4) is 0 Å². The van der Waals surface area contributed by atoms with E-state index in [0.29, 0.717) is 27.6 Å². The summed E-state index contributed by atoms with van der Waals surface area (Å²) in [6.45, 7) is 0. The van der Waals surface area contributed by atoms with Crippen LogP contribution < -0.4 is 5.73 Å². The molecule has 0 bridgehead atoms. The number of halogens is 1. The number of allylic oxidation sites excluding steroid dienone is 4. The van der Waals surface area contributed by atoms with Gasteiger partial charge in [-0.2, -0.15) is 5.10 Å². The van der Waals surface area contributed by atoms with Crippen LogP contribution in [-0.2, 0) is 0 Å². The minimum atomic E-state index is 0.359. The molecular weight excluding hydrogens is 408 g/mol. The Kier molecular flexibility index (Phi) is 3.88. The molecule has 6 nitrogen and oxygen atoms in total. The fourth-order valence-electron chi connectivity index (χ4n) is 3.76. The maximum atomic E-state index is 6.70. The van der Waals surface area contributed by atoms with E-state index in [9.17, 15) is 0 Å². The number of anilines is 1. The van der Waals surface area contributed by atoms with Crippen LogP contribution in [-0.4, -0.2) is 24.7 Å². The molecule has 0 unspecified atom stereocenters. The van der Waals surface area contributed by atoms with Crippen molar-refractivity contribution in [3.63, 3.8) is 0 Å². The first-order valence-corrected chi connectivity index (χ1v) is 10.1. The van der Waals surface area contributed by atoms with Crippen LogP contribution in [0.2, 0.25) is 5.02 Å². The molecule has 5 aromatic rings. The largest absolute Gasteiger partial charge is 0.383 e. The number of rotatable bonds is 3. The van der Waals surface area contributed by atoms with Gasteiger partial charge in [-0.25, -0.2) is 19.6 Å². The highest BCUT2D eigenvalue weighted by atomic mass is 35.5. The number of fused-ring (bicyclic) bond motifs is 2. The number of hydrogen-bond acceptors (Lipinski definition) is 5. The van der Waals surface area contributed by atoms with Gasteiger partial charge in [-0.3, -0.25) is 0 Å². The lowest BCUT2D eigenvalue weighted by molar-refractivity contribution is 0.923. The minimum absolute atomic E-state index is 0.359. The molecule has 3 heterocycles. The molecule has 148 valence electrons. The molecule has 0 aliphatic heterocycles. The van der Waals surface area contributed by atoms with Gasteiger partial charge in [-0.1, -0.05) is 54.1 Å². The molecule has 0 atom stereocenters. The van der Waals surface area contributed by atoms with Crippen molar-refractivity contribution in [3.8, 4) is 22.5 Å². The van der Waals surface area contributed by atoms with Crippen molar-refractivity contribution in [2.45, 2.75) is 0 Å². The van der Waals surface area contributed by atoms with E-state index in [1.54, 1.807) is 4.68 Å². The van der Waals surface area contributed by atoms with E-state index in [-0.39, 0.29) is 0 Å². The third kappa shape index (κ3) is 2.80. The average molecular weight is 423 g/mol. The molecular formula is C24H15ClN6. The van der Waals surface area contributed by atoms with Gasteiger partial charge < -0.3 is 5.73 Å². The molecule has 1 aliphatic rings. The number of aromatic nitrogens is 5. The summed E-state index contributed by atoms with van der Waals surface area (Å²) in [5, 5.41) is 6.98. The van der Waals surface area contributed by atoms with Crippen LogP contribution in [0, 0.1) is 0 Å². The third-order valence-electron chi connectivity index (χ3n) is 5.38. The van der Waals surface area contributed by atoms with E-state index < -0.39 is 0 Å². The predicted octanol–water partition coefficient (Wildman–Crippen LogP) is 5.35. The van der Waals surface area contributed by atoms with E-state index in [2.05, 4.69) is 9.97 Å². The quantitative estimate of drug-likeness (QED) is 0.423. The van der Waals surface area contributed by atoms with Crippen LogP contribution >= 0.6 is 11.6 Å². The molecule has 31 heavy (non-hydrogen) atoms. The third-order valence-corrected chi connectivity index (χ3v) is 5.69. The molecule has 0 fully saturated rings. The Morgan fingerprint density at radius 2 is 1.81 bits per heavy atom. The van der Waals surface area contributed by atoms with Gasteiger partial charge in [-0.05, 0) is 30.4 Å². The molecule has 3 aromatic heterocycles. The maximum Gasteiger partial charge on any atom is 0.169 e. The molecule has 2 N–H and O–H groups in total. The first kappa shape index (κ1) is 17.8. The van der Waals surface area contributed by atoms with Gasteiger partial charge in [0.05, 0.1) is 27.3 Å². The van der Waals surface area contributed by atoms with E-state index in [1.165, 1.54) is 6.33 Å². The Morgan fingerprint density at radius 1 is 0.968 bits per heavy atom. The first-order chi connectivity index (χ1) is 15.2. The van der Waals surface area contributed by atoms with E-state index in [1.807, 2.05) is 72.8 Å². The van der Waals surface area contributed by atoms with Crippen molar-refractivity contribution in [3.05, 3.63) is 84.2 Å². The Hall–Kier alpha value is -4.03. The molecule has 0 saturated carbocycles. The monoisotopic (exact) mass is 422 g/mol. The fourth-order valence-corrected chi connectivity index (χ4v) is 4.02. The first-order valence-electron chi connectivity index (χ1n) is 9.73. The van der Waals surface area contributed by atoms with Crippen LogP contribution in [0.5, 0.6) is 0 Å². The number of nitrogens with two attached hydrogens (primary N) is 1.